The third-order valence-corrected chi connectivity index (χ3v) is 5.52. The Balaban J connectivity index is 2.12. The third kappa shape index (κ3) is 4.21. The van der Waals surface area contributed by atoms with Gasteiger partial charge in [-0.2, -0.15) is 0 Å². The number of benzene rings is 1. The van der Waals surface area contributed by atoms with E-state index < -0.39 is 11.9 Å². The van der Waals surface area contributed by atoms with Crippen molar-refractivity contribution < 1.29 is 28.9 Å². The molecule has 7 heteroatoms. The molecular weight excluding hydrogens is 386 g/mol. The molecule has 0 aromatic heterocycles. The van der Waals surface area contributed by atoms with Gasteiger partial charge in [-0.15, -0.1) is 0 Å². The van der Waals surface area contributed by atoms with Gasteiger partial charge in [0.25, 0.3) is 0 Å². The van der Waals surface area contributed by atoms with E-state index in [1.165, 1.54) is 20.3 Å². The minimum absolute atomic E-state index is 0.000448. The summed E-state index contributed by atoms with van der Waals surface area (Å²) in [4.78, 5) is 26.2. The van der Waals surface area contributed by atoms with Crippen molar-refractivity contribution >= 4 is 11.8 Å². The molecule has 0 saturated carbocycles. The molecule has 1 aromatic carbocycles. The Hall–Kier alpha value is -2.80. The molecule has 0 fully saturated rings. The molecule has 0 bridgehead atoms. The fourth-order valence-electron chi connectivity index (χ4n) is 4.21. The number of hydrogen-bond acceptors (Lipinski definition) is 7. The number of methoxy groups -OCH3 is 2. The van der Waals surface area contributed by atoms with Crippen molar-refractivity contribution in [1.82, 2.24) is 5.32 Å². The number of dihydropyridines is 1. The van der Waals surface area contributed by atoms with Crippen LogP contribution in [0.3, 0.4) is 0 Å². The van der Waals surface area contributed by atoms with E-state index in [2.05, 4.69) is 19.2 Å². The second kappa shape index (κ2) is 8.52. The second-order valence-electron chi connectivity index (χ2n) is 8.49. The van der Waals surface area contributed by atoms with Gasteiger partial charge in [0.2, 0.25) is 0 Å². The number of aromatic hydroxyl groups is 1. The number of allylic oxidation sites excluding steroid dienone is 3. The first-order valence-corrected chi connectivity index (χ1v) is 9.95. The standard InChI is InChI=1S/C23H29NO6/c1-13-19(22(27)30-9-8-28-4)20(14-6-7-16(25)18(10-14)29-5)21-15(24-13)11-23(2,3)12-17(21)26/h6-7,10,20,24-25H,8-9,11-12H2,1-5H3/t20-/m0/s1. The van der Waals surface area contributed by atoms with Gasteiger partial charge in [0, 0.05) is 36.4 Å². The lowest BCUT2D eigenvalue weighted by atomic mass is 9.68. The van der Waals surface area contributed by atoms with Gasteiger partial charge in [-0.1, -0.05) is 19.9 Å². The molecule has 0 unspecified atom stereocenters. The molecule has 2 aliphatic rings. The largest absolute Gasteiger partial charge is 0.504 e. The smallest absolute Gasteiger partial charge is 0.336 e. The van der Waals surface area contributed by atoms with Crippen LogP contribution in [0.4, 0.5) is 0 Å². The van der Waals surface area contributed by atoms with E-state index in [1.807, 2.05) is 6.92 Å². The lowest BCUT2D eigenvalue weighted by Gasteiger charge is -2.39. The Bertz CT molecular complexity index is 928. The SMILES string of the molecule is COCCOC(=O)C1=C(C)NC2=C(C(=O)CC(C)(C)C2)[C@H]1c1ccc(O)c(OC)c1. The number of carbonyl (C=O) groups is 2. The summed E-state index contributed by atoms with van der Waals surface area (Å²) >= 11 is 0. The van der Waals surface area contributed by atoms with Crippen LogP contribution < -0.4 is 10.1 Å². The predicted molar refractivity (Wildman–Crippen MR) is 111 cm³/mol. The normalized spacial score (nSPS) is 20.6. The summed E-state index contributed by atoms with van der Waals surface area (Å²) in [5.41, 5.74) is 2.95. The van der Waals surface area contributed by atoms with Crippen LogP contribution in [0.5, 0.6) is 11.5 Å². The lowest BCUT2D eigenvalue weighted by Crippen LogP contribution is -2.38. The molecule has 1 heterocycles. The summed E-state index contributed by atoms with van der Waals surface area (Å²) in [5, 5.41) is 13.3. The molecule has 0 spiro atoms. The van der Waals surface area contributed by atoms with E-state index >= 15 is 0 Å². The van der Waals surface area contributed by atoms with Crippen molar-refractivity contribution in [2.24, 2.45) is 5.41 Å². The number of rotatable bonds is 6. The van der Waals surface area contributed by atoms with Gasteiger partial charge in [0.05, 0.1) is 19.3 Å². The minimum atomic E-state index is -0.602. The van der Waals surface area contributed by atoms with Gasteiger partial charge in [0.1, 0.15) is 6.61 Å². The number of nitrogens with one attached hydrogen (secondary N) is 1. The number of esters is 1. The summed E-state index contributed by atoms with van der Waals surface area (Å²) in [6, 6.07) is 4.89. The first-order chi connectivity index (χ1) is 14.2. The summed E-state index contributed by atoms with van der Waals surface area (Å²) in [7, 11) is 2.99. The van der Waals surface area contributed by atoms with Crippen molar-refractivity contribution in [1.29, 1.82) is 0 Å². The van der Waals surface area contributed by atoms with E-state index in [0.717, 1.165) is 5.70 Å². The van der Waals surface area contributed by atoms with E-state index in [4.69, 9.17) is 14.2 Å². The molecule has 1 atom stereocenters. The zero-order chi connectivity index (χ0) is 22.1. The molecule has 0 amide bonds. The summed E-state index contributed by atoms with van der Waals surface area (Å²) in [6.07, 6.45) is 1.09. The third-order valence-electron chi connectivity index (χ3n) is 5.52. The van der Waals surface area contributed by atoms with Gasteiger partial charge in [0.15, 0.2) is 17.3 Å². The maximum absolute atomic E-state index is 13.2. The molecule has 0 saturated heterocycles. The maximum Gasteiger partial charge on any atom is 0.336 e. The van der Waals surface area contributed by atoms with Crippen LogP contribution in [0.25, 0.3) is 0 Å². The van der Waals surface area contributed by atoms with Gasteiger partial charge in [-0.05, 0) is 36.5 Å². The van der Waals surface area contributed by atoms with Crippen LogP contribution in [-0.4, -0.2) is 44.3 Å². The number of hydrogen-bond donors (Lipinski definition) is 2. The molecule has 162 valence electrons. The van der Waals surface area contributed by atoms with Crippen LogP contribution in [0.15, 0.2) is 40.7 Å². The molecule has 3 rings (SSSR count). The summed E-state index contributed by atoms with van der Waals surface area (Å²) < 4.78 is 15.6. The Morgan fingerprint density at radius 1 is 1.23 bits per heavy atom. The van der Waals surface area contributed by atoms with Crippen LogP contribution in [0.2, 0.25) is 0 Å². The van der Waals surface area contributed by atoms with Gasteiger partial charge in [-0.25, -0.2) is 4.79 Å². The van der Waals surface area contributed by atoms with Crippen molar-refractivity contribution in [3.8, 4) is 11.5 Å². The number of ketones is 1. The number of ether oxygens (including phenoxy) is 3. The average molecular weight is 415 g/mol. The van der Waals surface area contributed by atoms with E-state index in [9.17, 15) is 14.7 Å². The van der Waals surface area contributed by atoms with Crippen LogP contribution in [0, 0.1) is 5.41 Å². The number of carbonyl (C=O) groups excluding carboxylic acids is 2. The zero-order valence-corrected chi connectivity index (χ0v) is 18.1. The number of phenolic OH excluding ortho intramolecular Hbond substituents is 1. The van der Waals surface area contributed by atoms with E-state index in [0.29, 0.717) is 35.2 Å². The molecule has 30 heavy (non-hydrogen) atoms. The van der Waals surface area contributed by atoms with Crippen LogP contribution >= 0.6 is 0 Å². The molecular formula is C23H29NO6. The highest BCUT2D eigenvalue weighted by Crippen LogP contribution is 2.47. The van der Waals surface area contributed by atoms with E-state index in [-0.39, 0.29) is 35.9 Å². The van der Waals surface area contributed by atoms with Gasteiger partial charge >= 0.3 is 5.97 Å². The fourth-order valence-corrected chi connectivity index (χ4v) is 4.21. The van der Waals surface area contributed by atoms with Crippen molar-refractivity contribution in [2.45, 2.75) is 39.5 Å². The van der Waals surface area contributed by atoms with Crippen molar-refractivity contribution in [2.75, 3.05) is 27.4 Å². The molecule has 1 aromatic rings. The Labute approximate surface area is 176 Å². The number of phenols is 1. The highest BCUT2D eigenvalue weighted by molar-refractivity contribution is 6.04. The molecule has 0 radical (unpaired) electrons. The minimum Gasteiger partial charge on any atom is -0.504 e. The highest BCUT2D eigenvalue weighted by atomic mass is 16.6. The van der Waals surface area contributed by atoms with Crippen molar-refractivity contribution in [3.63, 3.8) is 0 Å². The molecule has 2 N–H and O–H groups in total. The van der Waals surface area contributed by atoms with Crippen LogP contribution in [0.1, 0.15) is 45.1 Å². The Morgan fingerprint density at radius 3 is 2.63 bits per heavy atom. The molecule has 1 aliphatic heterocycles. The van der Waals surface area contributed by atoms with Crippen molar-refractivity contribution in [3.05, 3.63) is 46.3 Å². The van der Waals surface area contributed by atoms with Crippen LogP contribution in [-0.2, 0) is 19.1 Å². The summed E-state index contributed by atoms with van der Waals surface area (Å²) in [6.45, 7) is 6.33. The fraction of sp³-hybridized carbons (Fsp3) is 0.478. The molecule has 7 nitrogen and oxygen atoms in total. The Kier molecular flexibility index (Phi) is 6.22. The maximum atomic E-state index is 13.2. The summed E-state index contributed by atoms with van der Waals surface area (Å²) in [5.74, 6) is -0.833. The van der Waals surface area contributed by atoms with E-state index in [1.54, 1.807) is 12.1 Å². The van der Waals surface area contributed by atoms with Gasteiger partial charge < -0.3 is 24.6 Å². The Morgan fingerprint density at radius 2 is 1.97 bits per heavy atom. The second-order valence-corrected chi connectivity index (χ2v) is 8.49. The topological polar surface area (TPSA) is 94.1 Å². The predicted octanol–water partition coefficient (Wildman–Crippen LogP) is 3.19. The van der Waals surface area contributed by atoms with Gasteiger partial charge in [-0.3, -0.25) is 4.79 Å². The lowest BCUT2D eigenvalue weighted by molar-refractivity contribution is -0.140. The monoisotopic (exact) mass is 415 g/mol. The zero-order valence-electron chi connectivity index (χ0n) is 18.1. The highest BCUT2D eigenvalue weighted by Gasteiger charge is 2.43. The first-order valence-electron chi connectivity index (χ1n) is 9.95. The quantitative estimate of drug-likeness (QED) is 0.544. The average Bonchev–Trinajstić information content (AvgIpc) is 2.66. The number of Topliss-reactive ketones (excluding diaryl/α,β-unsaturated/α-hetero) is 1. The first kappa shape index (κ1) is 21.9. The molecule has 1 aliphatic carbocycles.